The third kappa shape index (κ3) is 3.55. The summed E-state index contributed by atoms with van der Waals surface area (Å²) in [6, 6.07) is 2.40. The third-order valence-corrected chi connectivity index (χ3v) is 4.05. The average molecular weight is 298 g/mol. The Labute approximate surface area is 126 Å². The summed E-state index contributed by atoms with van der Waals surface area (Å²) in [5.74, 6) is 0.0398. The molecule has 0 spiro atoms. The van der Waals surface area contributed by atoms with Crippen molar-refractivity contribution in [3.63, 3.8) is 0 Å². The molecule has 20 heavy (non-hydrogen) atoms. The summed E-state index contributed by atoms with van der Waals surface area (Å²) in [5.41, 5.74) is 0.670. The van der Waals surface area contributed by atoms with Gasteiger partial charge in [-0.2, -0.15) is 0 Å². The molecule has 4 nitrogen and oxygen atoms in total. The van der Waals surface area contributed by atoms with Crippen LogP contribution in [0.4, 0.5) is 0 Å². The van der Waals surface area contributed by atoms with E-state index in [2.05, 4.69) is 19.2 Å². The second-order valence-electron chi connectivity index (χ2n) is 5.88. The molecule has 1 fully saturated rings. The fraction of sp³-hybridized carbons (Fsp3) is 0.667. The van der Waals surface area contributed by atoms with Crippen LogP contribution in [0.1, 0.15) is 49.6 Å². The van der Waals surface area contributed by atoms with Gasteiger partial charge in [0.05, 0.1) is 5.02 Å². The van der Waals surface area contributed by atoms with Gasteiger partial charge in [0.1, 0.15) is 5.69 Å². The number of carbonyl (C=O) groups is 1. The lowest BCUT2D eigenvalue weighted by Crippen LogP contribution is -2.44. The van der Waals surface area contributed by atoms with E-state index in [9.17, 15) is 4.79 Å². The summed E-state index contributed by atoms with van der Waals surface area (Å²) in [4.78, 5) is 14.4. The molecule has 0 aromatic carbocycles. The van der Waals surface area contributed by atoms with Crippen LogP contribution in [0, 0.1) is 0 Å². The first-order chi connectivity index (χ1) is 9.49. The van der Waals surface area contributed by atoms with Crippen LogP contribution < -0.4 is 5.32 Å². The first-order valence-corrected chi connectivity index (χ1v) is 7.73. The van der Waals surface area contributed by atoms with Crippen LogP contribution in [0.5, 0.6) is 0 Å². The molecule has 2 heterocycles. The molecule has 0 aliphatic carbocycles. The van der Waals surface area contributed by atoms with E-state index >= 15 is 0 Å². The number of halogens is 1. The molecule has 5 heteroatoms. The number of nitrogens with one attached hydrogen (secondary N) is 1. The lowest BCUT2D eigenvalue weighted by molar-refractivity contribution is 0.0763. The van der Waals surface area contributed by atoms with Crippen LogP contribution in [-0.4, -0.2) is 41.6 Å². The van der Waals surface area contributed by atoms with Crippen molar-refractivity contribution >= 4 is 17.5 Å². The molecule has 1 aromatic heterocycles. The van der Waals surface area contributed by atoms with E-state index in [-0.39, 0.29) is 11.9 Å². The molecule has 0 radical (unpaired) electrons. The van der Waals surface area contributed by atoms with Crippen molar-refractivity contribution in [2.24, 2.45) is 0 Å². The van der Waals surface area contributed by atoms with Gasteiger partial charge in [0.25, 0.3) is 5.91 Å². The Morgan fingerprint density at radius 3 is 2.90 bits per heavy atom. The van der Waals surface area contributed by atoms with E-state index in [0.29, 0.717) is 16.8 Å². The van der Waals surface area contributed by atoms with E-state index in [4.69, 9.17) is 11.6 Å². The molecule has 1 saturated heterocycles. The Morgan fingerprint density at radius 1 is 1.55 bits per heavy atom. The topological polar surface area (TPSA) is 37.3 Å². The fourth-order valence-electron chi connectivity index (χ4n) is 2.73. The smallest absolute Gasteiger partial charge is 0.270 e. The number of hydrogen-bond donors (Lipinski definition) is 1. The molecule has 1 aliphatic heterocycles. The number of aromatic nitrogens is 1. The molecule has 112 valence electrons. The van der Waals surface area contributed by atoms with E-state index in [1.165, 1.54) is 12.8 Å². The largest absolute Gasteiger partial charge is 0.339 e. The predicted octanol–water partition coefficient (Wildman–Crippen LogP) is 2.94. The minimum Gasteiger partial charge on any atom is -0.339 e. The van der Waals surface area contributed by atoms with E-state index < -0.39 is 0 Å². The van der Waals surface area contributed by atoms with Crippen LogP contribution in [0.2, 0.25) is 5.02 Å². The molecule has 1 aromatic rings. The fourth-order valence-corrected chi connectivity index (χ4v) is 2.94. The molecule has 0 bridgehead atoms. The summed E-state index contributed by atoms with van der Waals surface area (Å²) >= 11 is 6.05. The second kappa shape index (κ2) is 6.64. The van der Waals surface area contributed by atoms with E-state index in [1.807, 2.05) is 17.8 Å². The summed E-state index contributed by atoms with van der Waals surface area (Å²) in [6.07, 6.45) is 5.45. The highest BCUT2D eigenvalue weighted by Gasteiger charge is 2.22. The predicted molar refractivity (Wildman–Crippen MR) is 82.4 cm³/mol. The minimum absolute atomic E-state index is 0.0398. The monoisotopic (exact) mass is 297 g/mol. The summed E-state index contributed by atoms with van der Waals surface area (Å²) in [7, 11) is 1.87. The highest BCUT2D eigenvalue weighted by Crippen LogP contribution is 2.20. The Bertz CT molecular complexity index is 464. The zero-order chi connectivity index (χ0) is 14.7. The van der Waals surface area contributed by atoms with Gasteiger partial charge in [-0.05, 0) is 39.3 Å². The average Bonchev–Trinajstić information content (AvgIpc) is 2.81. The Kier molecular flexibility index (Phi) is 5.11. The lowest BCUT2D eigenvalue weighted by Gasteiger charge is -2.28. The highest BCUT2D eigenvalue weighted by molar-refractivity contribution is 6.31. The molecule has 2 rings (SSSR count). The van der Waals surface area contributed by atoms with Crippen molar-refractivity contribution in [3.8, 4) is 0 Å². The van der Waals surface area contributed by atoms with Gasteiger partial charge >= 0.3 is 0 Å². The van der Waals surface area contributed by atoms with Crippen molar-refractivity contribution in [1.29, 1.82) is 0 Å². The number of carbonyl (C=O) groups excluding carboxylic acids is 1. The normalized spacial score (nSPS) is 19.4. The van der Waals surface area contributed by atoms with Crippen LogP contribution in [0.3, 0.4) is 0 Å². The van der Waals surface area contributed by atoms with Gasteiger partial charge in [0.15, 0.2) is 0 Å². The zero-order valence-corrected chi connectivity index (χ0v) is 13.3. The van der Waals surface area contributed by atoms with Crippen molar-refractivity contribution < 1.29 is 4.79 Å². The summed E-state index contributed by atoms with van der Waals surface area (Å²) in [5, 5.41) is 4.09. The van der Waals surface area contributed by atoms with E-state index in [1.54, 1.807) is 11.0 Å². The van der Waals surface area contributed by atoms with Crippen molar-refractivity contribution in [3.05, 3.63) is 23.0 Å². The molecule has 0 saturated carbocycles. The van der Waals surface area contributed by atoms with Gasteiger partial charge in [-0.3, -0.25) is 4.79 Å². The van der Waals surface area contributed by atoms with Crippen LogP contribution in [0.15, 0.2) is 12.3 Å². The molecule has 1 atom stereocenters. The Morgan fingerprint density at radius 2 is 2.30 bits per heavy atom. The minimum atomic E-state index is 0.0398. The van der Waals surface area contributed by atoms with Crippen LogP contribution in [0.25, 0.3) is 0 Å². The first kappa shape index (κ1) is 15.4. The standard InChI is InChI=1S/C15H24ClN3O/c1-11(2)19-9-12(16)8-14(19)15(20)18(3)10-13-6-4-5-7-17-13/h8-9,11,13,17H,4-7,10H2,1-3H3. The number of hydrogen-bond acceptors (Lipinski definition) is 2. The number of nitrogens with zero attached hydrogens (tertiary/aromatic N) is 2. The lowest BCUT2D eigenvalue weighted by atomic mass is 10.0. The van der Waals surface area contributed by atoms with Gasteiger partial charge in [-0.25, -0.2) is 0 Å². The third-order valence-electron chi connectivity index (χ3n) is 3.84. The van der Waals surface area contributed by atoms with Gasteiger partial charge in [0, 0.05) is 31.9 Å². The van der Waals surface area contributed by atoms with Crippen LogP contribution >= 0.6 is 11.6 Å². The summed E-state index contributed by atoms with van der Waals surface area (Å²) < 4.78 is 1.94. The number of rotatable bonds is 4. The maximum absolute atomic E-state index is 12.6. The number of amides is 1. The molecular formula is C15H24ClN3O. The quantitative estimate of drug-likeness (QED) is 0.928. The Hall–Kier alpha value is -1.00. The van der Waals surface area contributed by atoms with E-state index in [0.717, 1.165) is 19.5 Å². The van der Waals surface area contributed by atoms with Crippen molar-refractivity contribution in [2.45, 2.75) is 45.2 Å². The van der Waals surface area contributed by atoms with Gasteiger partial charge in [0.2, 0.25) is 0 Å². The zero-order valence-electron chi connectivity index (χ0n) is 12.5. The maximum Gasteiger partial charge on any atom is 0.270 e. The second-order valence-corrected chi connectivity index (χ2v) is 6.31. The summed E-state index contributed by atoms with van der Waals surface area (Å²) in [6.45, 7) is 5.91. The van der Waals surface area contributed by atoms with Crippen LogP contribution in [-0.2, 0) is 0 Å². The molecule has 1 unspecified atom stereocenters. The van der Waals surface area contributed by atoms with Gasteiger partial charge < -0.3 is 14.8 Å². The molecule has 1 aliphatic rings. The van der Waals surface area contributed by atoms with Crippen molar-refractivity contribution in [1.82, 2.24) is 14.8 Å². The number of likely N-dealkylation sites (N-methyl/N-ethyl adjacent to an activating group) is 1. The maximum atomic E-state index is 12.6. The van der Waals surface area contributed by atoms with Gasteiger partial charge in [-0.15, -0.1) is 0 Å². The number of piperidine rings is 1. The highest BCUT2D eigenvalue weighted by atomic mass is 35.5. The Balaban J connectivity index is 2.06. The first-order valence-electron chi connectivity index (χ1n) is 7.35. The SMILES string of the molecule is CC(C)n1cc(Cl)cc1C(=O)N(C)CC1CCCCN1. The molecule has 1 amide bonds. The molecular weight excluding hydrogens is 274 g/mol. The van der Waals surface area contributed by atoms with Gasteiger partial charge in [-0.1, -0.05) is 18.0 Å². The molecule has 1 N–H and O–H groups in total. The van der Waals surface area contributed by atoms with Crippen molar-refractivity contribution in [2.75, 3.05) is 20.1 Å².